The van der Waals surface area contributed by atoms with Crippen LogP contribution in [0.3, 0.4) is 0 Å². The highest BCUT2D eigenvalue weighted by Crippen LogP contribution is 2.31. The second-order valence-electron chi connectivity index (χ2n) is 5.78. The van der Waals surface area contributed by atoms with Crippen molar-refractivity contribution in [3.8, 4) is 0 Å². The lowest BCUT2D eigenvalue weighted by Gasteiger charge is -2.33. The Kier molecular flexibility index (Phi) is 3.93. The molecule has 0 aromatic carbocycles. The first-order valence-electron chi connectivity index (χ1n) is 7.06. The molecule has 2 heterocycles. The number of aryl methyl sites for hydroxylation is 1. The molecule has 1 aromatic heterocycles. The summed E-state index contributed by atoms with van der Waals surface area (Å²) in [4.78, 5) is 0. The summed E-state index contributed by atoms with van der Waals surface area (Å²) in [7, 11) is 0. The van der Waals surface area contributed by atoms with E-state index in [9.17, 15) is 0 Å². The third-order valence-corrected chi connectivity index (χ3v) is 4.20. The van der Waals surface area contributed by atoms with Crippen molar-refractivity contribution >= 4 is 0 Å². The molecule has 17 heavy (non-hydrogen) atoms. The first-order chi connectivity index (χ1) is 8.16. The Balaban J connectivity index is 2.07. The van der Waals surface area contributed by atoms with Crippen molar-refractivity contribution in [3.05, 3.63) is 24.0 Å². The molecule has 2 nitrogen and oxygen atoms in total. The van der Waals surface area contributed by atoms with Gasteiger partial charge in [-0.15, -0.1) is 0 Å². The van der Waals surface area contributed by atoms with Crippen LogP contribution in [0.1, 0.15) is 45.6 Å². The Bertz CT molecular complexity index is 346. The summed E-state index contributed by atoms with van der Waals surface area (Å²) in [6.07, 6.45) is 9.59. The van der Waals surface area contributed by atoms with Gasteiger partial charge in [0.25, 0.3) is 0 Å². The number of rotatable bonds is 5. The maximum absolute atomic E-state index is 3.75. The van der Waals surface area contributed by atoms with Crippen LogP contribution >= 0.6 is 0 Å². The van der Waals surface area contributed by atoms with Gasteiger partial charge in [-0.1, -0.05) is 20.8 Å². The zero-order valence-electron chi connectivity index (χ0n) is 11.5. The normalized spacial score (nSPS) is 24.7. The minimum atomic E-state index is 0.346. The van der Waals surface area contributed by atoms with Crippen LogP contribution < -0.4 is 5.32 Å². The molecule has 0 saturated carbocycles. The summed E-state index contributed by atoms with van der Waals surface area (Å²) in [6, 6.07) is 2.29. The summed E-state index contributed by atoms with van der Waals surface area (Å²) < 4.78 is 2.32. The van der Waals surface area contributed by atoms with Crippen LogP contribution in [0.2, 0.25) is 0 Å². The smallest absolute Gasteiger partial charge is 0.0245 e. The number of hydrogen-bond acceptors (Lipinski definition) is 1. The van der Waals surface area contributed by atoms with E-state index in [4.69, 9.17) is 0 Å². The SMILES string of the molecule is CCCn1ccc(CC2(C(C)C)CCCN2)c1. The minimum Gasteiger partial charge on any atom is -0.354 e. The van der Waals surface area contributed by atoms with Crippen LogP contribution in [-0.2, 0) is 13.0 Å². The zero-order chi connectivity index (χ0) is 12.3. The van der Waals surface area contributed by atoms with E-state index in [1.807, 2.05) is 0 Å². The van der Waals surface area contributed by atoms with E-state index >= 15 is 0 Å². The summed E-state index contributed by atoms with van der Waals surface area (Å²) in [6.45, 7) is 9.26. The molecule has 1 unspecified atom stereocenters. The third-order valence-electron chi connectivity index (χ3n) is 4.20. The van der Waals surface area contributed by atoms with E-state index in [-0.39, 0.29) is 0 Å². The highest BCUT2D eigenvalue weighted by molar-refractivity contribution is 5.16. The van der Waals surface area contributed by atoms with Crippen molar-refractivity contribution in [2.45, 2.75) is 58.5 Å². The van der Waals surface area contributed by atoms with Gasteiger partial charge in [-0.25, -0.2) is 0 Å². The maximum Gasteiger partial charge on any atom is 0.0245 e. The largest absolute Gasteiger partial charge is 0.354 e. The number of nitrogens with zero attached hydrogens (tertiary/aromatic N) is 1. The van der Waals surface area contributed by atoms with Crippen molar-refractivity contribution < 1.29 is 0 Å². The third kappa shape index (κ3) is 2.74. The van der Waals surface area contributed by atoms with E-state index < -0.39 is 0 Å². The van der Waals surface area contributed by atoms with Crippen LogP contribution in [0.4, 0.5) is 0 Å². The molecule has 1 aliphatic rings. The van der Waals surface area contributed by atoms with Crippen molar-refractivity contribution in [1.82, 2.24) is 9.88 Å². The van der Waals surface area contributed by atoms with Crippen molar-refractivity contribution in [3.63, 3.8) is 0 Å². The average Bonchev–Trinajstić information content (AvgIpc) is 2.90. The molecule has 1 atom stereocenters. The summed E-state index contributed by atoms with van der Waals surface area (Å²) in [5, 5.41) is 3.75. The molecule has 1 fully saturated rings. The lowest BCUT2D eigenvalue weighted by Crippen LogP contribution is -2.46. The molecule has 0 spiro atoms. The van der Waals surface area contributed by atoms with Gasteiger partial charge in [-0.2, -0.15) is 0 Å². The fourth-order valence-electron chi connectivity index (χ4n) is 3.03. The maximum atomic E-state index is 3.75. The fourth-order valence-corrected chi connectivity index (χ4v) is 3.03. The monoisotopic (exact) mass is 234 g/mol. The van der Waals surface area contributed by atoms with Crippen molar-refractivity contribution in [2.75, 3.05) is 6.54 Å². The number of nitrogens with one attached hydrogen (secondary N) is 1. The Labute approximate surface area is 105 Å². The van der Waals surface area contributed by atoms with E-state index in [1.165, 1.54) is 37.8 Å². The van der Waals surface area contributed by atoms with Gasteiger partial charge in [0.05, 0.1) is 0 Å². The van der Waals surface area contributed by atoms with Gasteiger partial charge < -0.3 is 9.88 Å². The molecule has 2 heteroatoms. The topological polar surface area (TPSA) is 17.0 Å². The number of aromatic nitrogens is 1. The summed E-state index contributed by atoms with van der Waals surface area (Å²) >= 11 is 0. The fraction of sp³-hybridized carbons (Fsp3) is 0.733. The first-order valence-corrected chi connectivity index (χ1v) is 7.06. The molecular formula is C15H26N2. The molecule has 1 saturated heterocycles. The van der Waals surface area contributed by atoms with Crippen molar-refractivity contribution in [2.24, 2.45) is 5.92 Å². The summed E-state index contributed by atoms with van der Waals surface area (Å²) in [5.41, 5.74) is 1.83. The van der Waals surface area contributed by atoms with Gasteiger partial charge in [0.1, 0.15) is 0 Å². The molecule has 2 rings (SSSR count). The second kappa shape index (κ2) is 5.26. The van der Waals surface area contributed by atoms with Gasteiger partial charge in [-0.05, 0) is 49.8 Å². The van der Waals surface area contributed by atoms with Gasteiger partial charge in [-0.3, -0.25) is 0 Å². The lowest BCUT2D eigenvalue weighted by atomic mass is 9.80. The summed E-state index contributed by atoms with van der Waals surface area (Å²) in [5.74, 6) is 0.708. The average molecular weight is 234 g/mol. The van der Waals surface area contributed by atoms with Crippen molar-refractivity contribution in [1.29, 1.82) is 0 Å². The van der Waals surface area contributed by atoms with Crippen LogP contribution in [0, 0.1) is 5.92 Å². The molecule has 0 amide bonds. The van der Waals surface area contributed by atoms with Gasteiger partial charge >= 0.3 is 0 Å². The van der Waals surface area contributed by atoms with Crippen LogP contribution in [-0.4, -0.2) is 16.7 Å². The van der Waals surface area contributed by atoms with Gasteiger partial charge in [0.15, 0.2) is 0 Å². The molecule has 0 aliphatic carbocycles. The van der Waals surface area contributed by atoms with Crippen LogP contribution in [0.25, 0.3) is 0 Å². The second-order valence-corrected chi connectivity index (χ2v) is 5.78. The van der Waals surface area contributed by atoms with Crippen LogP contribution in [0.15, 0.2) is 18.5 Å². The predicted molar refractivity (Wildman–Crippen MR) is 73.2 cm³/mol. The highest BCUT2D eigenvalue weighted by Gasteiger charge is 2.36. The van der Waals surface area contributed by atoms with Gasteiger partial charge in [0, 0.05) is 24.5 Å². The minimum absolute atomic E-state index is 0.346. The molecular weight excluding hydrogens is 208 g/mol. The van der Waals surface area contributed by atoms with Gasteiger partial charge in [0.2, 0.25) is 0 Å². The standard InChI is InChI=1S/C15H26N2/c1-4-9-17-10-6-14(12-17)11-15(13(2)3)7-5-8-16-15/h6,10,12-13,16H,4-5,7-9,11H2,1-3H3. The van der Waals surface area contributed by atoms with E-state index in [1.54, 1.807) is 0 Å². The lowest BCUT2D eigenvalue weighted by molar-refractivity contribution is 0.269. The highest BCUT2D eigenvalue weighted by atomic mass is 15.0. The van der Waals surface area contributed by atoms with Crippen LogP contribution in [0.5, 0.6) is 0 Å². The van der Waals surface area contributed by atoms with E-state index in [2.05, 4.69) is 49.1 Å². The Morgan fingerprint density at radius 2 is 2.29 bits per heavy atom. The zero-order valence-corrected chi connectivity index (χ0v) is 11.5. The van der Waals surface area contributed by atoms with E-state index in [0.29, 0.717) is 11.5 Å². The number of hydrogen-bond donors (Lipinski definition) is 1. The Morgan fingerprint density at radius 3 is 2.88 bits per heavy atom. The molecule has 0 bridgehead atoms. The predicted octanol–water partition coefficient (Wildman–Crippen LogP) is 3.22. The Morgan fingerprint density at radius 1 is 1.47 bits per heavy atom. The Hall–Kier alpha value is -0.760. The quantitative estimate of drug-likeness (QED) is 0.827. The molecule has 1 aliphatic heterocycles. The first kappa shape index (κ1) is 12.7. The molecule has 1 aromatic rings. The molecule has 96 valence electrons. The van der Waals surface area contributed by atoms with E-state index in [0.717, 1.165) is 6.54 Å². The molecule has 0 radical (unpaired) electrons. The molecule has 1 N–H and O–H groups in total.